The maximum atomic E-state index is 11.4. The molecule has 4 heteroatoms. The third-order valence-corrected chi connectivity index (χ3v) is 2.18. The Morgan fingerprint density at radius 3 is 2.65 bits per heavy atom. The van der Waals surface area contributed by atoms with Crippen molar-refractivity contribution in [3.63, 3.8) is 0 Å². The molecule has 1 aromatic carbocycles. The van der Waals surface area contributed by atoms with Gasteiger partial charge in [-0.05, 0) is 12.0 Å². The SMILES string of the molecule is COCCNC(=O)C(=O)[CH]Cc1ccccc1. The molecule has 0 aliphatic carbocycles. The summed E-state index contributed by atoms with van der Waals surface area (Å²) in [4.78, 5) is 22.7. The number of amides is 1. The van der Waals surface area contributed by atoms with Gasteiger partial charge in [0.15, 0.2) is 0 Å². The van der Waals surface area contributed by atoms with Crippen LogP contribution in [0.2, 0.25) is 0 Å². The van der Waals surface area contributed by atoms with E-state index in [1.807, 2.05) is 30.3 Å². The van der Waals surface area contributed by atoms with E-state index in [0.717, 1.165) is 5.56 Å². The summed E-state index contributed by atoms with van der Waals surface area (Å²) < 4.78 is 4.77. The fourth-order valence-electron chi connectivity index (χ4n) is 1.27. The van der Waals surface area contributed by atoms with E-state index in [1.165, 1.54) is 13.5 Å². The molecular weight excluding hydrogens is 218 g/mol. The molecule has 1 radical (unpaired) electrons. The number of methoxy groups -OCH3 is 1. The van der Waals surface area contributed by atoms with Crippen molar-refractivity contribution in [2.45, 2.75) is 6.42 Å². The molecule has 0 aliphatic rings. The first-order chi connectivity index (χ1) is 8.24. The van der Waals surface area contributed by atoms with Gasteiger partial charge >= 0.3 is 0 Å². The number of ketones is 1. The molecule has 91 valence electrons. The Hall–Kier alpha value is -1.68. The van der Waals surface area contributed by atoms with Crippen LogP contribution in [0.4, 0.5) is 0 Å². The lowest BCUT2D eigenvalue weighted by atomic mass is 10.1. The summed E-state index contributed by atoms with van der Waals surface area (Å²) in [5.74, 6) is -1.09. The molecule has 4 nitrogen and oxygen atoms in total. The van der Waals surface area contributed by atoms with Crippen molar-refractivity contribution in [2.24, 2.45) is 0 Å². The van der Waals surface area contributed by atoms with Crippen molar-refractivity contribution < 1.29 is 14.3 Å². The molecule has 0 fully saturated rings. The van der Waals surface area contributed by atoms with Gasteiger partial charge in [-0.15, -0.1) is 0 Å². The van der Waals surface area contributed by atoms with Gasteiger partial charge in [-0.3, -0.25) is 9.59 Å². The second kappa shape index (κ2) is 7.57. The van der Waals surface area contributed by atoms with Gasteiger partial charge in [0, 0.05) is 20.1 Å². The van der Waals surface area contributed by atoms with Gasteiger partial charge in [0.2, 0.25) is 5.78 Å². The Kier molecular flexibility index (Phi) is 5.96. The molecule has 1 N–H and O–H groups in total. The van der Waals surface area contributed by atoms with Gasteiger partial charge in [-0.2, -0.15) is 0 Å². The Morgan fingerprint density at radius 2 is 2.00 bits per heavy atom. The highest BCUT2D eigenvalue weighted by atomic mass is 16.5. The lowest BCUT2D eigenvalue weighted by Crippen LogP contribution is -2.33. The summed E-state index contributed by atoms with van der Waals surface area (Å²) in [5.41, 5.74) is 1.01. The van der Waals surface area contributed by atoms with Crippen LogP contribution in [0.3, 0.4) is 0 Å². The van der Waals surface area contributed by atoms with Gasteiger partial charge < -0.3 is 10.1 Å². The monoisotopic (exact) mass is 234 g/mol. The van der Waals surface area contributed by atoms with Gasteiger partial charge in [0.25, 0.3) is 5.91 Å². The molecular formula is C13H16NO3. The van der Waals surface area contributed by atoms with E-state index < -0.39 is 11.7 Å². The van der Waals surface area contributed by atoms with Gasteiger partial charge in [0.05, 0.1) is 6.61 Å². The number of nitrogens with one attached hydrogen (secondary N) is 1. The number of rotatable bonds is 7. The van der Waals surface area contributed by atoms with Crippen LogP contribution >= 0.6 is 0 Å². The molecule has 0 spiro atoms. The van der Waals surface area contributed by atoms with Crippen LogP contribution in [0.25, 0.3) is 0 Å². The summed E-state index contributed by atoms with van der Waals surface area (Å²) in [6, 6.07) is 9.51. The van der Waals surface area contributed by atoms with E-state index in [1.54, 1.807) is 0 Å². The Bertz CT molecular complexity index is 362. The first-order valence-corrected chi connectivity index (χ1v) is 5.42. The summed E-state index contributed by atoms with van der Waals surface area (Å²) in [6.07, 6.45) is 1.86. The number of ether oxygens (including phenoxy) is 1. The molecule has 0 aromatic heterocycles. The van der Waals surface area contributed by atoms with Crippen molar-refractivity contribution in [2.75, 3.05) is 20.3 Å². The fraction of sp³-hybridized carbons (Fsp3) is 0.308. The second-order valence-electron chi connectivity index (χ2n) is 3.51. The van der Waals surface area contributed by atoms with Crippen LogP contribution in [-0.2, 0) is 20.7 Å². The lowest BCUT2D eigenvalue weighted by Gasteiger charge is -2.03. The number of hydrogen-bond donors (Lipinski definition) is 1. The zero-order chi connectivity index (χ0) is 12.5. The van der Waals surface area contributed by atoms with E-state index in [0.29, 0.717) is 19.6 Å². The van der Waals surface area contributed by atoms with Crippen LogP contribution in [-0.4, -0.2) is 32.0 Å². The standard InChI is InChI=1S/C13H16NO3/c1-17-10-9-14-13(16)12(15)8-7-11-5-3-2-4-6-11/h2-6,8H,7,9-10H2,1H3,(H,14,16). The molecule has 0 unspecified atom stereocenters. The molecule has 0 bridgehead atoms. The summed E-state index contributed by atoms with van der Waals surface area (Å²) in [5, 5.41) is 2.47. The first kappa shape index (κ1) is 13.4. The highest BCUT2D eigenvalue weighted by molar-refractivity contribution is 6.39. The molecule has 1 rings (SSSR count). The number of carbonyl (C=O) groups is 2. The van der Waals surface area contributed by atoms with Gasteiger partial charge in [0.1, 0.15) is 0 Å². The summed E-state index contributed by atoms with van der Waals surface area (Å²) in [6.45, 7) is 0.748. The smallest absolute Gasteiger partial charge is 0.287 e. The first-order valence-electron chi connectivity index (χ1n) is 5.42. The number of carbonyl (C=O) groups excluding carboxylic acids is 2. The maximum Gasteiger partial charge on any atom is 0.287 e. The van der Waals surface area contributed by atoms with Crippen molar-refractivity contribution in [3.05, 3.63) is 42.3 Å². The molecule has 1 aromatic rings. The molecule has 0 heterocycles. The average molecular weight is 234 g/mol. The molecule has 0 saturated heterocycles. The topological polar surface area (TPSA) is 55.4 Å². The van der Waals surface area contributed by atoms with E-state index in [4.69, 9.17) is 4.74 Å². The second-order valence-corrected chi connectivity index (χ2v) is 3.51. The average Bonchev–Trinajstić information content (AvgIpc) is 2.37. The Labute approximate surface area is 101 Å². The van der Waals surface area contributed by atoms with E-state index in [2.05, 4.69) is 5.32 Å². The highest BCUT2D eigenvalue weighted by Gasteiger charge is 2.12. The number of Topliss-reactive ketones (excluding diaryl/α,β-unsaturated/α-hetero) is 1. The molecule has 0 atom stereocenters. The predicted octanol–water partition coefficient (Wildman–Crippen LogP) is 0.765. The number of benzene rings is 1. The molecule has 1 amide bonds. The van der Waals surface area contributed by atoms with Crippen molar-refractivity contribution in [3.8, 4) is 0 Å². The highest BCUT2D eigenvalue weighted by Crippen LogP contribution is 2.01. The van der Waals surface area contributed by atoms with Crippen molar-refractivity contribution >= 4 is 11.7 Å². The maximum absolute atomic E-state index is 11.4. The van der Waals surface area contributed by atoms with Crippen LogP contribution < -0.4 is 5.32 Å². The van der Waals surface area contributed by atoms with Crippen LogP contribution in [0.15, 0.2) is 30.3 Å². The van der Waals surface area contributed by atoms with Crippen LogP contribution in [0.5, 0.6) is 0 Å². The summed E-state index contributed by atoms with van der Waals surface area (Å²) >= 11 is 0. The van der Waals surface area contributed by atoms with Crippen molar-refractivity contribution in [1.82, 2.24) is 5.32 Å². The predicted molar refractivity (Wildman–Crippen MR) is 64.3 cm³/mol. The molecule has 17 heavy (non-hydrogen) atoms. The minimum absolute atomic E-state index is 0.347. The minimum atomic E-state index is -0.585. The summed E-state index contributed by atoms with van der Waals surface area (Å²) in [7, 11) is 1.54. The normalized spacial score (nSPS) is 9.94. The zero-order valence-electron chi connectivity index (χ0n) is 9.81. The Balaban J connectivity index is 2.27. The van der Waals surface area contributed by atoms with Crippen molar-refractivity contribution in [1.29, 1.82) is 0 Å². The van der Waals surface area contributed by atoms with E-state index in [9.17, 15) is 9.59 Å². The molecule has 0 saturated carbocycles. The molecule has 0 aliphatic heterocycles. The van der Waals surface area contributed by atoms with Crippen LogP contribution in [0.1, 0.15) is 5.56 Å². The third-order valence-electron chi connectivity index (χ3n) is 2.18. The quantitative estimate of drug-likeness (QED) is 0.560. The van der Waals surface area contributed by atoms with Gasteiger partial charge in [-0.1, -0.05) is 30.3 Å². The minimum Gasteiger partial charge on any atom is -0.383 e. The Morgan fingerprint density at radius 1 is 1.29 bits per heavy atom. The fourth-order valence-corrected chi connectivity index (χ4v) is 1.27. The van der Waals surface area contributed by atoms with Crippen LogP contribution in [0, 0.1) is 6.42 Å². The van der Waals surface area contributed by atoms with E-state index in [-0.39, 0.29) is 0 Å². The lowest BCUT2D eigenvalue weighted by molar-refractivity contribution is -0.136. The van der Waals surface area contributed by atoms with E-state index >= 15 is 0 Å². The number of hydrogen-bond acceptors (Lipinski definition) is 3. The van der Waals surface area contributed by atoms with Gasteiger partial charge in [-0.25, -0.2) is 0 Å². The zero-order valence-corrected chi connectivity index (χ0v) is 9.81. The third kappa shape index (κ3) is 5.26. The largest absolute Gasteiger partial charge is 0.383 e.